The summed E-state index contributed by atoms with van der Waals surface area (Å²) in [6, 6.07) is 6.95. The number of benzene rings is 1. The summed E-state index contributed by atoms with van der Waals surface area (Å²) in [6.07, 6.45) is -2.15. The molecule has 3 aromatic rings. The first-order valence-corrected chi connectivity index (χ1v) is 9.57. The van der Waals surface area contributed by atoms with Crippen LogP contribution in [0.25, 0.3) is 5.69 Å². The first-order chi connectivity index (χ1) is 14.0. The van der Waals surface area contributed by atoms with E-state index in [1.54, 1.807) is 10.9 Å². The van der Waals surface area contributed by atoms with Crippen LogP contribution in [0, 0.1) is 13.8 Å². The summed E-state index contributed by atoms with van der Waals surface area (Å²) >= 11 is 0. The molecule has 1 amide bonds. The maximum Gasteiger partial charge on any atom is 0.434 e. The topological polar surface area (TPSA) is 64.7 Å². The zero-order chi connectivity index (χ0) is 22.2. The lowest BCUT2D eigenvalue weighted by atomic mass is 10.1. The van der Waals surface area contributed by atoms with Gasteiger partial charge in [-0.25, -0.2) is 9.67 Å². The summed E-state index contributed by atoms with van der Waals surface area (Å²) in [5.41, 5.74) is 2.29. The fourth-order valence-corrected chi connectivity index (χ4v) is 3.28. The SMILES string of the molecule is Cc1ccc(-n2ncc(NC(=O)[C@H](C)n3cc(C(F)(F)F)nc3C)c2C(C)C)cc1. The minimum Gasteiger partial charge on any atom is -0.322 e. The second-order valence-corrected chi connectivity index (χ2v) is 7.59. The number of alkyl halides is 3. The molecule has 1 atom stereocenters. The fourth-order valence-electron chi connectivity index (χ4n) is 3.28. The van der Waals surface area contributed by atoms with Gasteiger partial charge in [0.25, 0.3) is 0 Å². The Kier molecular flexibility index (Phi) is 5.74. The highest BCUT2D eigenvalue weighted by molar-refractivity contribution is 5.94. The summed E-state index contributed by atoms with van der Waals surface area (Å²) in [5, 5.41) is 7.23. The number of nitrogens with one attached hydrogen (secondary N) is 1. The molecule has 0 aliphatic heterocycles. The van der Waals surface area contributed by atoms with Crippen molar-refractivity contribution in [1.82, 2.24) is 19.3 Å². The molecule has 0 spiro atoms. The molecular formula is C21H24F3N5O. The van der Waals surface area contributed by atoms with Gasteiger partial charge in [-0.05, 0) is 38.8 Å². The van der Waals surface area contributed by atoms with E-state index in [1.165, 1.54) is 18.4 Å². The van der Waals surface area contributed by atoms with Crippen molar-refractivity contribution < 1.29 is 18.0 Å². The average Bonchev–Trinajstić information content (AvgIpc) is 3.25. The number of amides is 1. The molecule has 0 fully saturated rings. The maximum atomic E-state index is 12.9. The van der Waals surface area contributed by atoms with Gasteiger partial charge in [-0.2, -0.15) is 18.3 Å². The molecule has 0 bridgehead atoms. The number of carbonyl (C=O) groups excluding carboxylic acids is 1. The quantitative estimate of drug-likeness (QED) is 0.631. The van der Waals surface area contributed by atoms with Gasteiger partial charge in [0.15, 0.2) is 5.69 Å². The van der Waals surface area contributed by atoms with Crippen LogP contribution in [0.2, 0.25) is 0 Å². The largest absolute Gasteiger partial charge is 0.434 e. The Bertz CT molecular complexity index is 1050. The Morgan fingerprint density at radius 2 is 1.73 bits per heavy atom. The van der Waals surface area contributed by atoms with E-state index in [9.17, 15) is 18.0 Å². The highest BCUT2D eigenvalue weighted by Gasteiger charge is 2.35. The van der Waals surface area contributed by atoms with E-state index in [-0.39, 0.29) is 11.7 Å². The number of aromatic nitrogens is 4. The van der Waals surface area contributed by atoms with Crippen molar-refractivity contribution in [2.24, 2.45) is 0 Å². The minimum atomic E-state index is -4.56. The van der Waals surface area contributed by atoms with Gasteiger partial charge in [0.05, 0.1) is 23.3 Å². The molecule has 2 aromatic heterocycles. The summed E-state index contributed by atoms with van der Waals surface area (Å²) in [4.78, 5) is 16.3. The highest BCUT2D eigenvalue weighted by atomic mass is 19.4. The summed E-state index contributed by atoms with van der Waals surface area (Å²) in [6.45, 7) is 8.93. The molecule has 2 heterocycles. The molecule has 0 saturated heterocycles. The lowest BCUT2D eigenvalue weighted by molar-refractivity contribution is -0.141. The minimum absolute atomic E-state index is 0.0474. The van der Waals surface area contributed by atoms with Gasteiger partial charge in [-0.3, -0.25) is 4.79 Å². The second-order valence-electron chi connectivity index (χ2n) is 7.59. The average molecular weight is 419 g/mol. The van der Waals surface area contributed by atoms with E-state index in [1.807, 2.05) is 45.0 Å². The standard InChI is InChI=1S/C21H24F3N5O/c1-12(2)19-17(10-25-29(19)16-8-6-13(3)7-9-16)27-20(30)14(4)28-11-18(21(22,23)24)26-15(28)5/h6-12,14H,1-5H3,(H,27,30)/t14-/m0/s1. The number of carbonyl (C=O) groups is 1. The first-order valence-electron chi connectivity index (χ1n) is 9.57. The predicted molar refractivity (Wildman–Crippen MR) is 108 cm³/mol. The van der Waals surface area contributed by atoms with Gasteiger partial charge in [-0.15, -0.1) is 0 Å². The van der Waals surface area contributed by atoms with Gasteiger partial charge in [0.1, 0.15) is 11.9 Å². The molecule has 0 saturated carbocycles. The molecular weight excluding hydrogens is 395 g/mol. The van der Waals surface area contributed by atoms with Crippen LogP contribution < -0.4 is 5.32 Å². The molecule has 0 unspecified atom stereocenters. The Morgan fingerprint density at radius 1 is 1.10 bits per heavy atom. The van der Waals surface area contributed by atoms with Crippen molar-refractivity contribution in [1.29, 1.82) is 0 Å². The second kappa shape index (κ2) is 7.97. The molecule has 160 valence electrons. The van der Waals surface area contributed by atoms with Gasteiger partial charge >= 0.3 is 6.18 Å². The number of rotatable bonds is 5. The number of hydrogen-bond donors (Lipinski definition) is 1. The normalized spacial score (nSPS) is 13.0. The Hall–Kier alpha value is -3.10. The predicted octanol–water partition coefficient (Wildman–Crippen LogP) is 5.03. The van der Waals surface area contributed by atoms with Crippen molar-refractivity contribution in [2.45, 2.75) is 52.8 Å². The zero-order valence-electron chi connectivity index (χ0n) is 17.4. The number of imidazole rings is 1. The van der Waals surface area contributed by atoms with Crippen LogP contribution >= 0.6 is 0 Å². The van der Waals surface area contributed by atoms with E-state index in [0.29, 0.717) is 5.69 Å². The Labute approximate surface area is 172 Å². The van der Waals surface area contributed by atoms with Crippen LogP contribution in [0.5, 0.6) is 0 Å². The molecule has 9 heteroatoms. The zero-order valence-corrected chi connectivity index (χ0v) is 17.4. The number of aryl methyl sites for hydroxylation is 2. The van der Waals surface area contributed by atoms with Crippen LogP contribution in [0.3, 0.4) is 0 Å². The van der Waals surface area contributed by atoms with Crippen molar-refractivity contribution in [3.63, 3.8) is 0 Å². The number of hydrogen-bond acceptors (Lipinski definition) is 3. The lowest BCUT2D eigenvalue weighted by Crippen LogP contribution is -2.24. The third-order valence-corrected chi connectivity index (χ3v) is 4.89. The van der Waals surface area contributed by atoms with E-state index in [2.05, 4.69) is 15.4 Å². The Morgan fingerprint density at radius 3 is 2.27 bits per heavy atom. The molecule has 0 aliphatic carbocycles. The van der Waals surface area contributed by atoms with E-state index < -0.39 is 23.8 Å². The number of halogens is 3. The third kappa shape index (κ3) is 4.24. The van der Waals surface area contributed by atoms with Crippen LogP contribution in [0.1, 0.15) is 55.5 Å². The highest BCUT2D eigenvalue weighted by Crippen LogP contribution is 2.30. The first kappa shape index (κ1) is 21.6. The van der Waals surface area contributed by atoms with Gasteiger partial charge < -0.3 is 9.88 Å². The smallest absolute Gasteiger partial charge is 0.322 e. The van der Waals surface area contributed by atoms with E-state index in [4.69, 9.17) is 0 Å². The molecule has 0 aliphatic rings. The number of anilines is 1. The summed E-state index contributed by atoms with van der Waals surface area (Å²) in [7, 11) is 0. The molecule has 1 aromatic carbocycles. The van der Waals surface area contributed by atoms with Gasteiger partial charge in [0.2, 0.25) is 5.91 Å². The third-order valence-electron chi connectivity index (χ3n) is 4.89. The van der Waals surface area contributed by atoms with Crippen molar-refractivity contribution >= 4 is 11.6 Å². The summed E-state index contributed by atoms with van der Waals surface area (Å²) in [5.74, 6) is -0.287. The molecule has 30 heavy (non-hydrogen) atoms. The lowest BCUT2D eigenvalue weighted by Gasteiger charge is -2.17. The molecule has 1 N–H and O–H groups in total. The molecule has 0 radical (unpaired) electrons. The monoisotopic (exact) mass is 419 g/mol. The van der Waals surface area contributed by atoms with E-state index >= 15 is 0 Å². The molecule has 6 nitrogen and oxygen atoms in total. The van der Waals surface area contributed by atoms with Crippen molar-refractivity contribution in [2.75, 3.05) is 5.32 Å². The number of nitrogens with zero attached hydrogens (tertiary/aromatic N) is 4. The van der Waals surface area contributed by atoms with Crippen molar-refractivity contribution in [3.05, 3.63) is 59.4 Å². The van der Waals surface area contributed by atoms with Crippen LogP contribution in [0.4, 0.5) is 18.9 Å². The molecule has 3 rings (SSSR count). The van der Waals surface area contributed by atoms with Gasteiger partial charge in [-0.1, -0.05) is 31.5 Å². The van der Waals surface area contributed by atoms with Crippen LogP contribution in [0.15, 0.2) is 36.7 Å². The Balaban J connectivity index is 1.88. The fraction of sp³-hybridized carbons (Fsp3) is 0.381. The van der Waals surface area contributed by atoms with Crippen LogP contribution in [-0.2, 0) is 11.0 Å². The van der Waals surface area contributed by atoms with Crippen LogP contribution in [-0.4, -0.2) is 25.2 Å². The van der Waals surface area contributed by atoms with E-state index in [0.717, 1.165) is 23.1 Å². The van der Waals surface area contributed by atoms with Gasteiger partial charge in [0, 0.05) is 6.20 Å². The van der Waals surface area contributed by atoms with Crippen molar-refractivity contribution in [3.8, 4) is 5.69 Å². The maximum absolute atomic E-state index is 12.9. The summed E-state index contributed by atoms with van der Waals surface area (Å²) < 4.78 is 41.8.